The Hall–Kier alpha value is -2.22. The van der Waals surface area contributed by atoms with Crippen LogP contribution in [0.2, 0.25) is 0 Å². The lowest BCUT2D eigenvalue weighted by atomic mass is 10.1. The summed E-state index contributed by atoms with van der Waals surface area (Å²) in [6, 6.07) is 6.26. The van der Waals surface area contributed by atoms with Crippen molar-refractivity contribution in [3.8, 4) is 0 Å². The maximum atomic E-state index is 12.1. The number of benzene rings is 1. The largest absolute Gasteiger partial charge is 0.348 e. The van der Waals surface area contributed by atoms with Crippen molar-refractivity contribution < 1.29 is 22.8 Å². The maximum Gasteiger partial charge on any atom is 0.251 e. The zero-order valence-corrected chi connectivity index (χ0v) is 13.8. The van der Waals surface area contributed by atoms with E-state index in [2.05, 4.69) is 5.32 Å². The highest BCUT2D eigenvalue weighted by Crippen LogP contribution is 2.17. The Morgan fingerprint density at radius 1 is 1.12 bits per heavy atom. The predicted molar refractivity (Wildman–Crippen MR) is 85.8 cm³/mol. The topological polar surface area (TPSA) is 101 Å². The summed E-state index contributed by atoms with van der Waals surface area (Å²) in [7, 11) is -3.04. The lowest BCUT2D eigenvalue weighted by Gasteiger charge is -2.14. The first-order valence-electron chi connectivity index (χ1n) is 7.77. The van der Waals surface area contributed by atoms with Crippen molar-refractivity contribution in [2.45, 2.75) is 31.8 Å². The van der Waals surface area contributed by atoms with E-state index in [-0.39, 0.29) is 54.7 Å². The summed E-state index contributed by atoms with van der Waals surface area (Å²) in [4.78, 5) is 36.6. The Labute approximate surface area is 139 Å². The fourth-order valence-corrected chi connectivity index (χ4v) is 4.59. The lowest BCUT2D eigenvalue weighted by molar-refractivity contribution is -0.139. The van der Waals surface area contributed by atoms with E-state index >= 15 is 0 Å². The van der Waals surface area contributed by atoms with E-state index in [0.29, 0.717) is 12.0 Å². The summed E-state index contributed by atoms with van der Waals surface area (Å²) < 4.78 is 22.8. The van der Waals surface area contributed by atoms with Crippen molar-refractivity contribution in [1.29, 1.82) is 0 Å². The molecule has 2 aliphatic rings. The molecule has 3 amide bonds. The number of imide groups is 1. The molecule has 2 heterocycles. The molecule has 2 fully saturated rings. The van der Waals surface area contributed by atoms with Gasteiger partial charge in [-0.1, -0.05) is 12.1 Å². The smallest absolute Gasteiger partial charge is 0.251 e. The van der Waals surface area contributed by atoms with Crippen LogP contribution in [0.25, 0.3) is 0 Å². The monoisotopic (exact) mass is 350 g/mol. The number of hydrogen-bond acceptors (Lipinski definition) is 5. The molecule has 0 aromatic heterocycles. The summed E-state index contributed by atoms with van der Waals surface area (Å²) in [5.74, 6) is -0.587. The Morgan fingerprint density at radius 3 is 2.29 bits per heavy atom. The molecule has 0 radical (unpaired) electrons. The molecule has 1 aromatic rings. The number of rotatable bonds is 4. The van der Waals surface area contributed by atoms with E-state index in [1.165, 1.54) is 4.90 Å². The minimum atomic E-state index is -3.04. The second-order valence-corrected chi connectivity index (χ2v) is 8.37. The van der Waals surface area contributed by atoms with Crippen molar-refractivity contribution in [3.05, 3.63) is 35.4 Å². The van der Waals surface area contributed by atoms with Crippen LogP contribution in [-0.4, -0.2) is 48.6 Å². The fourth-order valence-electron chi connectivity index (χ4n) is 2.92. The standard InChI is InChI=1S/C16H18N2O5S/c19-14-5-6-15(20)18(14)9-11-1-3-12(4-2-11)16(21)17-13-7-8-24(22,23)10-13/h1-4,13H,5-10H2,(H,17,21). The Morgan fingerprint density at radius 2 is 1.75 bits per heavy atom. The molecule has 7 nitrogen and oxygen atoms in total. The van der Waals surface area contributed by atoms with E-state index in [1.54, 1.807) is 24.3 Å². The number of likely N-dealkylation sites (tertiary alicyclic amines) is 1. The van der Waals surface area contributed by atoms with Gasteiger partial charge in [0.05, 0.1) is 18.1 Å². The third kappa shape index (κ3) is 3.64. The molecule has 128 valence electrons. The Bertz CT molecular complexity index is 769. The van der Waals surface area contributed by atoms with E-state index in [9.17, 15) is 22.8 Å². The summed E-state index contributed by atoms with van der Waals surface area (Å²) in [6.07, 6.45) is 0.943. The number of nitrogens with one attached hydrogen (secondary N) is 1. The maximum absolute atomic E-state index is 12.1. The third-order valence-electron chi connectivity index (χ3n) is 4.28. The highest BCUT2D eigenvalue weighted by atomic mass is 32.2. The second kappa shape index (κ2) is 6.35. The van der Waals surface area contributed by atoms with Crippen molar-refractivity contribution >= 4 is 27.6 Å². The van der Waals surface area contributed by atoms with E-state index in [0.717, 1.165) is 5.56 Å². The van der Waals surface area contributed by atoms with Gasteiger partial charge >= 0.3 is 0 Å². The van der Waals surface area contributed by atoms with Gasteiger partial charge in [-0.2, -0.15) is 0 Å². The number of amides is 3. The van der Waals surface area contributed by atoms with Gasteiger partial charge in [-0.15, -0.1) is 0 Å². The van der Waals surface area contributed by atoms with Gasteiger partial charge in [0, 0.05) is 24.4 Å². The van der Waals surface area contributed by atoms with Crippen LogP contribution in [-0.2, 0) is 26.0 Å². The molecule has 8 heteroatoms. The minimum Gasteiger partial charge on any atom is -0.348 e. The quantitative estimate of drug-likeness (QED) is 0.785. The molecular formula is C16H18N2O5S. The molecule has 1 unspecified atom stereocenters. The van der Waals surface area contributed by atoms with Crippen LogP contribution >= 0.6 is 0 Å². The van der Waals surface area contributed by atoms with Crippen LogP contribution in [0.4, 0.5) is 0 Å². The molecule has 0 bridgehead atoms. The normalized spacial score (nSPS) is 22.8. The van der Waals surface area contributed by atoms with E-state index in [4.69, 9.17) is 0 Å². The number of nitrogens with zero attached hydrogens (tertiary/aromatic N) is 1. The van der Waals surface area contributed by atoms with Gasteiger partial charge in [0.15, 0.2) is 9.84 Å². The van der Waals surface area contributed by atoms with Crippen molar-refractivity contribution in [1.82, 2.24) is 10.2 Å². The summed E-state index contributed by atoms with van der Waals surface area (Å²) in [5.41, 5.74) is 1.18. The van der Waals surface area contributed by atoms with Gasteiger partial charge in [-0.05, 0) is 24.1 Å². The lowest BCUT2D eigenvalue weighted by Crippen LogP contribution is -2.35. The summed E-state index contributed by atoms with van der Waals surface area (Å²) in [5, 5.41) is 2.72. The number of carbonyl (C=O) groups is 3. The van der Waals surface area contributed by atoms with Crippen LogP contribution in [0, 0.1) is 0 Å². The number of hydrogen-bond donors (Lipinski definition) is 1. The van der Waals surface area contributed by atoms with Crippen molar-refractivity contribution in [2.75, 3.05) is 11.5 Å². The van der Waals surface area contributed by atoms with Crippen molar-refractivity contribution in [2.24, 2.45) is 0 Å². The number of sulfone groups is 1. The SMILES string of the molecule is O=C(NC1CCS(=O)(=O)C1)c1ccc(CN2C(=O)CCC2=O)cc1. The van der Waals surface area contributed by atoms with E-state index in [1.807, 2.05) is 0 Å². The van der Waals surface area contributed by atoms with Crippen LogP contribution in [0.15, 0.2) is 24.3 Å². The summed E-state index contributed by atoms with van der Waals surface area (Å²) >= 11 is 0. The van der Waals surface area contributed by atoms with Gasteiger partial charge in [-0.25, -0.2) is 8.42 Å². The molecule has 1 aromatic carbocycles. The van der Waals surface area contributed by atoms with Crippen LogP contribution in [0.5, 0.6) is 0 Å². The Balaban J connectivity index is 1.61. The fraction of sp³-hybridized carbons (Fsp3) is 0.438. The summed E-state index contributed by atoms with van der Waals surface area (Å²) in [6.45, 7) is 0.209. The number of carbonyl (C=O) groups excluding carboxylic acids is 3. The predicted octanol–water partition coefficient (Wildman–Crippen LogP) is 0.252. The van der Waals surface area contributed by atoms with Gasteiger partial charge in [0.2, 0.25) is 11.8 Å². The molecule has 1 N–H and O–H groups in total. The average Bonchev–Trinajstić information content (AvgIpc) is 3.03. The van der Waals surface area contributed by atoms with Crippen molar-refractivity contribution in [3.63, 3.8) is 0 Å². The van der Waals surface area contributed by atoms with Gasteiger partial charge in [0.1, 0.15) is 0 Å². The molecule has 1 atom stereocenters. The van der Waals surface area contributed by atoms with Crippen LogP contribution in [0.3, 0.4) is 0 Å². The van der Waals surface area contributed by atoms with Gasteiger partial charge in [-0.3, -0.25) is 19.3 Å². The second-order valence-electron chi connectivity index (χ2n) is 6.14. The molecule has 24 heavy (non-hydrogen) atoms. The molecule has 3 rings (SSSR count). The third-order valence-corrected chi connectivity index (χ3v) is 6.05. The molecule has 0 aliphatic carbocycles. The molecule has 2 aliphatic heterocycles. The first kappa shape index (κ1) is 16.6. The molecule has 0 spiro atoms. The van der Waals surface area contributed by atoms with E-state index < -0.39 is 9.84 Å². The molecular weight excluding hydrogens is 332 g/mol. The molecule has 2 saturated heterocycles. The van der Waals surface area contributed by atoms with Crippen LogP contribution < -0.4 is 5.32 Å². The average molecular weight is 350 g/mol. The molecule has 0 saturated carbocycles. The highest BCUT2D eigenvalue weighted by Gasteiger charge is 2.30. The minimum absolute atomic E-state index is 0.0179. The Kier molecular flexibility index (Phi) is 4.40. The highest BCUT2D eigenvalue weighted by molar-refractivity contribution is 7.91. The van der Waals surface area contributed by atoms with Crippen LogP contribution in [0.1, 0.15) is 35.2 Å². The van der Waals surface area contributed by atoms with Gasteiger partial charge in [0.25, 0.3) is 5.91 Å². The zero-order valence-electron chi connectivity index (χ0n) is 13.0. The first-order chi connectivity index (χ1) is 11.3. The first-order valence-corrected chi connectivity index (χ1v) is 9.60. The van der Waals surface area contributed by atoms with Gasteiger partial charge < -0.3 is 5.32 Å². The zero-order chi connectivity index (χ0) is 17.3.